The zero-order valence-corrected chi connectivity index (χ0v) is 12.7. The van der Waals surface area contributed by atoms with Gasteiger partial charge in [0.2, 0.25) is 0 Å². The number of anilines is 1. The van der Waals surface area contributed by atoms with E-state index in [0.29, 0.717) is 5.92 Å². The summed E-state index contributed by atoms with van der Waals surface area (Å²) < 4.78 is 0. The van der Waals surface area contributed by atoms with Gasteiger partial charge in [0, 0.05) is 19.6 Å². The maximum atomic E-state index is 6.35. The predicted octanol–water partition coefficient (Wildman–Crippen LogP) is 3.93. The van der Waals surface area contributed by atoms with E-state index in [0.717, 1.165) is 36.9 Å². The Labute approximate surface area is 116 Å². The lowest BCUT2D eigenvalue weighted by Crippen LogP contribution is -2.22. The molecule has 0 fully saturated rings. The topological polar surface area (TPSA) is 15.3 Å². The van der Waals surface area contributed by atoms with Crippen molar-refractivity contribution in [1.29, 1.82) is 0 Å². The second kappa shape index (κ2) is 7.65. The molecule has 1 rings (SSSR count). The van der Waals surface area contributed by atoms with Gasteiger partial charge in [-0.25, -0.2) is 0 Å². The van der Waals surface area contributed by atoms with Crippen LogP contribution in [0.5, 0.6) is 0 Å². The molecular formula is C15H25ClN2. The van der Waals surface area contributed by atoms with E-state index in [9.17, 15) is 0 Å². The van der Waals surface area contributed by atoms with Crippen LogP contribution in [-0.2, 0) is 6.54 Å². The van der Waals surface area contributed by atoms with Gasteiger partial charge in [-0.05, 0) is 44.0 Å². The van der Waals surface area contributed by atoms with Gasteiger partial charge < -0.3 is 10.2 Å². The molecule has 0 atom stereocenters. The van der Waals surface area contributed by atoms with E-state index in [1.54, 1.807) is 0 Å². The molecule has 0 heterocycles. The summed E-state index contributed by atoms with van der Waals surface area (Å²) in [5.41, 5.74) is 2.38. The fourth-order valence-electron chi connectivity index (χ4n) is 1.99. The molecule has 1 aromatic rings. The molecule has 102 valence electrons. The van der Waals surface area contributed by atoms with Crippen LogP contribution in [0.4, 0.5) is 5.69 Å². The lowest BCUT2D eigenvalue weighted by Gasteiger charge is -2.22. The fraction of sp³-hybridized carbons (Fsp3) is 0.600. The van der Waals surface area contributed by atoms with Gasteiger partial charge in [-0.15, -0.1) is 0 Å². The van der Waals surface area contributed by atoms with Crippen molar-refractivity contribution in [3.8, 4) is 0 Å². The maximum Gasteiger partial charge on any atom is 0.0642 e. The summed E-state index contributed by atoms with van der Waals surface area (Å²) in [6.45, 7) is 12.6. The standard InChI is InChI=1S/C15H25ClN2/c1-5-18(6-2)15-8-7-13(9-14(15)16)11-17-10-12(3)4/h7-9,12,17H,5-6,10-11H2,1-4H3. The SMILES string of the molecule is CCN(CC)c1ccc(CNCC(C)C)cc1Cl. The third-order valence-electron chi connectivity index (χ3n) is 3.00. The Hall–Kier alpha value is -0.730. The van der Waals surface area contributed by atoms with E-state index in [1.165, 1.54) is 5.56 Å². The summed E-state index contributed by atoms with van der Waals surface area (Å²) in [5, 5.41) is 4.28. The van der Waals surface area contributed by atoms with Crippen molar-refractivity contribution >= 4 is 17.3 Å². The van der Waals surface area contributed by atoms with Crippen LogP contribution in [0, 0.1) is 5.92 Å². The van der Waals surface area contributed by atoms with E-state index >= 15 is 0 Å². The molecule has 1 aromatic carbocycles. The number of rotatable bonds is 7. The second-order valence-corrected chi connectivity index (χ2v) is 5.39. The molecule has 0 aliphatic heterocycles. The van der Waals surface area contributed by atoms with Crippen LogP contribution in [0.2, 0.25) is 5.02 Å². The highest BCUT2D eigenvalue weighted by atomic mass is 35.5. The summed E-state index contributed by atoms with van der Waals surface area (Å²) in [4.78, 5) is 2.27. The minimum Gasteiger partial charge on any atom is -0.371 e. The molecule has 0 radical (unpaired) electrons. The summed E-state index contributed by atoms with van der Waals surface area (Å²) in [5.74, 6) is 0.676. The molecule has 0 aliphatic carbocycles. The van der Waals surface area contributed by atoms with Crippen LogP contribution in [0.25, 0.3) is 0 Å². The quantitative estimate of drug-likeness (QED) is 0.806. The van der Waals surface area contributed by atoms with Crippen LogP contribution < -0.4 is 10.2 Å². The first kappa shape index (κ1) is 15.3. The highest BCUT2D eigenvalue weighted by Gasteiger charge is 2.07. The number of hydrogen-bond acceptors (Lipinski definition) is 2. The van der Waals surface area contributed by atoms with Crippen LogP contribution in [0.1, 0.15) is 33.3 Å². The second-order valence-electron chi connectivity index (χ2n) is 4.98. The van der Waals surface area contributed by atoms with E-state index in [2.05, 4.69) is 56.1 Å². The Balaban J connectivity index is 2.67. The van der Waals surface area contributed by atoms with Crippen molar-refractivity contribution in [1.82, 2.24) is 5.32 Å². The zero-order chi connectivity index (χ0) is 13.5. The Bertz CT molecular complexity index is 360. The molecule has 2 nitrogen and oxygen atoms in total. The maximum absolute atomic E-state index is 6.35. The van der Waals surface area contributed by atoms with Gasteiger partial charge in [0.15, 0.2) is 0 Å². The monoisotopic (exact) mass is 268 g/mol. The van der Waals surface area contributed by atoms with Crippen molar-refractivity contribution in [3.63, 3.8) is 0 Å². The Morgan fingerprint density at radius 1 is 1.22 bits per heavy atom. The first-order chi connectivity index (χ1) is 8.58. The minimum atomic E-state index is 0.676. The first-order valence-electron chi connectivity index (χ1n) is 6.82. The van der Waals surface area contributed by atoms with E-state index in [1.807, 2.05) is 0 Å². The average Bonchev–Trinajstić information content (AvgIpc) is 2.32. The predicted molar refractivity (Wildman–Crippen MR) is 81.6 cm³/mol. The number of hydrogen-bond donors (Lipinski definition) is 1. The van der Waals surface area contributed by atoms with E-state index in [-0.39, 0.29) is 0 Å². The lowest BCUT2D eigenvalue weighted by atomic mass is 10.1. The molecule has 0 saturated carbocycles. The first-order valence-corrected chi connectivity index (χ1v) is 7.20. The van der Waals surface area contributed by atoms with Crippen molar-refractivity contribution in [2.24, 2.45) is 5.92 Å². The molecule has 0 bridgehead atoms. The van der Waals surface area contributed by atoms with Gasteiger partial charge in [0.1, 0.15) is 0 Å². The van der Waals surface area contributed by atoms with Gasteiger partial charge >= 0.3 is 0 Å². The molecule has 0 spiro atoms. The molecule has 0 amide bonds. The molecule has 1 N–H and O–H groups in total. The van der Waals surface area contributed by atoms with Crippen molar-refractivity contribution in [2.75, 3.05) is 24.5 Å². The minimum absolute atomic E-state index is 0.676. The summed E-state index contributed by atoms with van der Waals surface area (Å²) >= 11 is 6.35. The molecule has 18 heavy (non-hydrogen) atoms. The normalized spacial score (nSPS) is 11.0. The number of nitrogens with one attached hydrogen (secondary N) is 1. The smallest absolute Gasteiger partial charge is 0.0642 e. The average molecular weight is 269 g/mol. The van der Waals surface area contributed by atoms with Crippen LogP contribution in [0.15, 0.2) is 18.2 Å². The highest BCUT2D eigenvalue weighted by Crippen LogP contribution is 2.26. The fourth-order valence-corrected chi connectivity index (χ4v) is 2.31. The molecule has 0 unspecified atom stereocenters. The molecular weight excluding hydrogens is 244 g/mol. The van der Waals surface area contributed by atoms with E-state index in [4.69, 9.17) is 11.6 Å². The summed E-state index contributed by atoms with van der Waals surface area (Å²) in [6, 6.07) is 6.36. The number of benzene rings is 1. The lowest BCUT2D eigenvalue weighted by molar-refractivity contribution is 0.552. The highest BCUT2D eigenvalue weighted by molar-refractivity contribution is 6.33. The largest absolute Gasteiger partial charge is 0.371 e. The van der Waals surface area contributed by atoms with Gasteiger partial charge in [0.25, 0.3) is 0 Å². The summed E-state index contributed by atoms with van der Waals surface area (Å²) in [7, 11) is 0. The van der Waals surface area contributed by atoms with Crippen molar-refractivity contribution in [3.05, 3.63) is 28.8 Å². The van der Waals surface area contributed by atoms with Gasteiger partial charge in [-0.1, -0.05) is 31.5 Å². The molecule has 3 heteroatoms. The van der Waals surface area contributed by atoms with Crippen molar-refractivity contribution < 1.29 is 0 Å². The Morgan fingerprint density at radius 3 is 2.39 bits per heavy atom. The van der Waals surface area contributed by atoms with Gasteiger partial charge in [-0.2, -0.15) is 0 Å². The van der Waals surface area contributed by atoms with Crippen LogP contribution in [0.3, 0.4) is 0 Å². The molecule has 0 aliphatic rings. The third-order valence-corrected chi connectivity index (χ3v) is 3.30. The third kappa shape index (κ3) is 4.51. The van der Waals surface area contributed by atoms with Gasteiger partial charge in [0.05, 0.1) is 10.7 Å². The van der Waals surface area contributed by atoms with Crippen LogP contribution in [-0.4, -0.2) is 19.6 Å². The zero-order valence-electron chi connectivity index (χ0n) is 12.0. The number of nitrogens with zero attached hydrogens (tertiary/aromatic N) is 1. The Morgan fingerprint density at radius 2 is 1.89 bits per heavy atom. The van der Waals surface area contributed by atoms with Crippen molar-refractivity contribution in [2.45, 2.75) is 34.2 Å². The van der Waals surface area contributed by atoms with Crippen LogP contribution >= 0.6 is 11.6 Å². The van der Waals surface area contributed by atoms with Gasteiger partial charge in [-0.3, -0.25) is 0 Å². The summed E-state index contributed by atoms with van der Waals surface area (Å²) in [6.07, 6.45) is 0. The number of halogens is 1. The molecule has 0 aromatic heterocycles. The van der Waals surface area contributed by atoms with E-state index < -0.39 is 0 Å². The Kier molecular flexibility index (Phi) is 6.51. The molecule has 0 saturated heterocycles.